The fourth-order valence-corrected chi connectivity index (χ4v) is 3.29. The van der Waals surface area contributed by atoms with Crippen molar-refractivity contribution < 1.29 is 17.9 Å². The molecule has 7 heteroatoms. The highest BCUT2D eigenvalue weighted by atomic mass is 32.2. The molecule has 1 rings (SSSR count). The first kappa shape index (κ1) is 16.3. The fraction of sp³-hybridized carbons (Fsp3) is 0.462. The smallest absolute Gasteiger partial charge is 0.306 e. The highest BCUT2D eigenvalue weighted by molar-refractivity contribution is 7.92. The van der Waals surface area contributed by atoms with Crippen LogP contribution >= 0.6 is 0 Å². The summed E-state index contributed by atoms with van der Waals surface area (Å²) in [6.07, 6.45) is -0.167. The quantitative estimate of drug-likeness (QED) is 0.607. The number of para-hydroxylation sites is 2. The molecule has 0 aliphatic carbocycles. The van der Waals surface area contributed by atoms with Crippen LogP contribution in [-0.4, -0.2) is 33.3 Å². The van der Waals surface area contributed by atoms with E-state index < -0.39 is 16.0 Å². The normalized spacial score (nSPS) is 11.1. The molecule has 112 valence electrons. The lowest BCUT2D eigenvalue weighted by Gasteiger charge is -2.24. The summed E-state index contributed by atoms with van der Waals surface area (Å²) in [6, 6.07) is 6.73. The van der Waals surface area contributed by atoms with Gasteiger partial charge < -0.3 is 10.5 Å². The summed E-state index contributed by atoms with van der Waals surface area (Å²) in [4.78, 5) is 11.3. The number of hydrogen-bond acceptors (Lipinski definition) is 5. The van der Waals surface area contributed by atoms with Gasteiger partial charge in [-0.25, -0.2) is 8.42 Å². The van der Waals surface area contributed by atoms with Crippen molar-refractivity contribution in [3.8, 4) is 0 Å². The molecule has 0 aromatic heterocycles. The Hall–Kier alpha value is -1.76. The van der Waals surface area contributed by atoms with Gasteiger partial charge in [0.2, 0.25) is 10.0 Å². The first-order chi connectivity index (χ1) is 9.42. The maximum absolute atomic E-state index is 12.3. The average Bonchev–Trinajstić information content (AvgIpc) is 2.40. The third-order valence-electron chi connectivity index (χ3n) is 2.70. The number of sulfonamides is 1. The number of carbonyl (C=O) groups is 1. The van der Waals surface area contributed by atoms with Crippen LogP contribution in [0.4, 0.5) is 11.4 Å². The van der Waals surface area contributed by atoms with E-state index in [1.54, 1.807) is 38.1 Å². The van der Waals surface area contributed by atoms with Gasteiger partial charge in [0.25, 0.3) is 0 Å². The molecule has 0 saturated carbocycles. The number of carbonyl (C=O) groups excluding carboxylic acids is 1. The van der Waals surface area contributed by atoms with Gasteiger partial charge in [0, 0.05) is 6.54 Å². The van der Waals surface area contributed by atoms with Crippen LogP contribution in [0.15, 0.2) is 24.3 Å². The van der Waals surface area contributed by atoms with Gasteiger partial charge >= 0.3 is 5.97 Å². The van der Waals surface area contributed by atoms with E-state index in [-0.39, 0.29) is 25.3 Å². The van der Waals surface area contributed by atoms with Crippen LogP contribution in [0.3, 0.4) is 0 Å². The van der Waals surface area contributed by atoms with Crippen molar-refractivity contribution in [2.75, 3.05) is 28.9 Å². The zero-order chi connectivity index (χ0) is 15.2. The van der Waals surface area contributed by atoms with Gasteiger partial charge in [0.15, 0.2) is 0 Å². The third kappa shape index (κ3) is 4.12. The van der Waals surface area contributed by atoms with E-state index in [1.165, 1.54) is 4.31 Å². The maximum atomic E-state index is 12.3. The minimum absolute atomic E-state index is 0.167. The number of ether oxygens (including phenoxy) is 1. The van der Waals surface area contributed by atoms with Gasteiger partial charge in [-0.3, -0.25) is 9.10 Å². The van der Waals surface area contributed by atoms with Gasteiger partial charge in [-0.1, -0.05) is 12.1 Å². The third-order valence-corrected chi connectivity index (χ3v) is 4.54. The second-order valence-corrected chi connectivity index (χ2v) is 6.11. The molecular formula is C13H20N2O4S. The Morgan fingerprint density at radius 1 is 1.30 bits per heavy atom. The zero-order valence-electron chi connectivity index (χ0n) is 11.7. The van der Waals surface area contributed by atoms with Crippen molar-refractivity contribution in [1.82, 2.24) is 0 Å². The molecule has 0 aliphatic heterocycles. The monoisotopic (exact) mass is 300 g/mol. The van der Waals surface area contributed by atoms with Crippen LogP contribution in [0.5, 0.6) is 0 Å². The Bertz CT molecular complexity index is 557. The first-order valence-electron chi connectivity index (χ1n) is 6.43. The number of benzene rings is 1. The Labute approximate surface area is 119 Å². The molecule has 0 heterocycles. The van der Waals surface area contributed by atoms with E-state index in [2.05, 4.69) is 0 Å². The highest BCUT2D eigenvalue weighted by Gasteiger charge is 2.23. The topological polar surface area (TPSA) is 89.7 Å². The fourth-order valence-electron chi connectivity index (χ4n) is 1.79. The van der Waals surface area contributed by atoms with Crippen molar-refractivity contribution in [3.05, 3.63) is 24.3 Å². The van der Waals surface area contributed by atoms with E-state index in [1.807, 2.05) is 0 Å². The first-order valence-corrected chi connectivity index (χ1v) is 8.03. The number of nitrogen functional groups attached to an aromatic ring is 1. The summed E-state index contributed by atoms with van der Waals surface area (Å²) in [5.41, 5.74) is 6.61. The van der Waals surface area contributed by atoms with Crippen LogP contribution in [-0.2, 0) is 19.6 Å². The summed E-state index contributed by atoms with van der Waals surface area (Å²) in [5, 5.41) is 0. The van der Waals surface area contributed by atoms with Crippen LogP contribution < -0.4 is 10.0 Å². The Balaban J connectivity index is 2.88. The molecule has 0 radical (unpaired) electrons. The van der Waals surface area contributed by atoms with Crippen LogP contribution in [0.25, 0.3) is 0 Å². The number of esters is 1. The van der Waals surface area contributed by atoms with E-state index in [0.717, 1.165) is 0 Å². The second kappa shape index (κ2) is 7.14. The predicted octanol–water partition coefficient (Wildman–Crippen LogP) is 1.38. The van der Waals surface area contributed by atoms with Gasteiger partial charge in [-0.15, -0.1) is 0 Å². The molecule has 0 saturated heterocycles. The number of anilines is 2. The number of nitrogens with two attached hydrogens (primary N) is 1. The largest absolute Gasteiger partial charge is 0.466 e. The van der Waals surface area contributed by atoms with Crippen molar-refractivity contribution >= 4 is 27.4 Å². The molecule has 0 unspecified atom stereocenters. The number of nitrogens with zero attached hydrogens (tertiary/aromatic N) is 1. The molecule has 1 aromatic rings. The Kier molecular flexibility index (Phi) is 5.82. The van der Waals surface area contributed by atoms with Crippen molar-refractivity contribution in [1.29, 1.82) is 0 Å². The van der Waals surface area contributed by atoms with Crippen LogP contribution in [0.1, 0.15) is 20.3 Å². The molecule has 0 atom stereocenters. The molecule has 0 spiro atoms. The lowest BCUT2D eigenvalue weighted by atomic mass is 10.3. The summed E-state index contributed by atoms with van der Waals surface area (Å²) >= 11 is 0. The molecular weight excluding hydrogens is 280 g/mol. The van der Waals surface area contributed by atoms with E-state index >= 15 is 0 Å². The summed E-state index contributed by atoms with van der Waals surface area (Å²) < 4.78 is 30.5. The van der Waals surface area contributed by atoms with E-state index in [0.29, 0.717) is 11.4 Å². The maximum Gasteiger partial charge on any atom is 0.306 e. The summed E-state index contributed by atoms with van der Waals surface area (Å²) in [7, 11) is -3.61. The van der Waals surface area contributed by atoms with E-state index in [4.69, 9.17) is 10.5 Å². The average molecular weight is 300 g/mol. The number of rotatable bonds is 7. The van der Waals surface area contributed by atoms with Crippen LogP contribution in [0, 0.1) is 0 Å². The van der Waals surface area contributed by atoms with Crippen LogP contribution in [0.2, 0.25) is 0 Å². The summed E-state index contributed by atoms with van der Waals surface area (Å²) in [6.45, 7) is 3.88. The molecule has 2 N–H and O–H groups in total. The molecule has 1 aromatic carbocycles. The van der Waals surface area contributed by atoms with Gasteiger partial charge in [-0.05, 0) is 26.0 Å². The second-order valence-electron chi connectivity index (χ2n) is 4.09. The minimum Gasteiger partial charge on any atom is -0.466 e. The minimum atomic E-state index is -3.61. The molecule has 0 amide bonds. The molecule has 20 heavy (non-hydrogen) atoms. The lowest BCUT2D eigenvalue weighted by molar-refractivity contribution is -0.142. The zero-order valence-corrected chi connectivity index (χ0v) is 12.5. The SMILES string of the molecule is CCOC(=O)CCS(=O)(=O)N(CC)c1ccccc1N. The lowest BCUT2D eigenvalue weighted by Crippen LogP contribution is -2.34. The van der Waals surface area contributed by atoms with Crippen molar-refractivity contribution in [2.24, 2.45) is 0 Å². The van der Waals surface area contributed by atoms with E-state index in [9.17, 15) is 13.2 Å². The highest BCUT2D eigenvalue weighted by Crippen LogP contribution is 2.25. The molecule has 0 fully saturated rings. The van der Waals surface area contributed by atoms with Crippen molar-refractivity contribution in [3.63, 3.8) is 0 Å². The van der Waals surface area contributed by atoms with Gasteiger partial charge in [-0.2, -0.15) is 0 Å². The summed E-state index contributed by atoms with van der Waals surface area (Å²) in [5.74, 6) is -0.818. The predicted molar refractivity (Wildman–Crippen MR) is 78.9 cm³/mol. The standard InChI is InChI=1S/C13H20N2O4S/c1-3-15(12-8-6-5-7-11(12)14)20(17,18)10-9-13(16)19-4-2/h5-8H,3-4,9-10,14H2,1-2H3. The molecule has 0 aliphatic rings. The van der Waals surface area contributed by atoms with Gasteiger partial charge in [0.05, 0.1) is 30.2 Å². The number of hydrogen-bond donors (Lipinski definition) is 1. The molecule has 0 bridgehead atoms. The van der Waals surface area contributed by atoms with Crippen molar-refractivity contribution in [2.45, 2.75) is 20.3 Å². The van der Waals surface area contributed by atoms with Gasteiger partial charge in [0.1, 0.15) is 0 Å². The Morgan fingerprint density at radius 3 is 2.50 bits per heavy atom. The molecule has 6 nitrogen and oxygen atoms in total. The Morgan fingerprint density at radius 2 is 1.95 bits per heavy atom.